The van der Waals surface area contributed by atoms with Crippen LogP contribution in [0.4, 0.5) is 0 Å². The van der Waals surface area contributed by atoms with Crippen molar-refractivity contribution >= 4 is 70.4 Å². The molecular formula is C24H21Cl4NO8. The fraction of sp³-hybridized carbons (Fsp3) is 0.333. The van der Waals surface area contributed by atoms with Crippen molar-refractivity contribution in [1.82, 2.24) is 4.84 Å². The maximum atomic E-state index is 13.0. The molecule has 2 aromatic rings. The number of hydrogen-bond donors (Lipinski definition) is 1. The van der Waals surface area contributed by atoms with Gasteiger partial charge in [0.2, 0.25) is 4.33 Å². The van der Waals surface area contributed by atoms with E-state index in [9.17, 15) is 19.2 Å². The van der Waals surface area contributed by atoms with Gasteiger partial charge in [-0.15, -0.1) is 11.6 Å². The summed E-state index contributed by atoms with van der Waals surface area (Å²) in [5.74, 6) is -3.45. The Morgan fingerprint density at radius 2 is 1.38 bits per heavy atom. The Labute approximate surface area is 232 Å². The Morgan fingerprint density at radius 1 is 0.892 bits per heavy atom. The molecule has 0 radical (unpaired) electrons. The van der Waals surface area contributed by atoms with E-state index in [1.807, 2.05) is 0 Å². The average Bonchev–Trinajstić information content (AvgIpc) is 2.90. The van der Waals surface area contributed by atoms with Gasteiger partial charge in [0.05, 0.1) is 11.1 Å². The molecule has 1 aliphatic rings. The Bertz CT molecular complexity index is 1120. The zero-order chi connectivity index (χ0) is 27.2. The van der Waals surface area contributed by atoms with E-state index in [0.717, 1.165) is 6.92 Å². The lowest BCUT2D eigenvalue weighted by atomic mass is 9.94. The quantitative estimate of drug-likeness (QED) is 0.213. The monoisotopic (exact) mass is 591 g/mol. The maximum absolute atomic E-state index is 13.0. The molecule has 0 bridgehead atoms. The molecule has 0 aromatic heterocycles. The Hall–Kier alpha value is -2.56. The van der Waals surface area contributed by atoms with E-state index in [0.29, 0.717) is 0 Å². The van der Waals surface area contributed by atoms with Crippen LogP contribution >= 0.6 is 46.6 Å². The molecule has 1 N–H and O–H groups in total. The second kappa shape index (κ2) is 12.8. The first kappa shape index (κ1) is 29.0. The second-order valence-corrected chi connectivity index (χ2v) is 9.94. The largest absolute Gasteiger partial charge is 0.463 e. The fourth-order valence-electron chi connectivity index (χ4n) is 3.51. The number of alkyl halides is 3. The number of hydrogen-bond acceptors (Lipinski definition) is 8. The lowest BCUT2D eigenvalue weighted by Gasteiger charge is -2.46. The van der Waals surface area contributed by atoms with Crippen LogP contribution in [0, 0.1) is 0 Å². The first-order valence-corrected chi connectivity index (χ1v) is 12.4. The summed E-state index contributed by atoms with van der Waals surface area (Å²) in [6.45, 7) is 0.750. The van der Waals surface area contributed by atoms with E-state index >= 15 is 0 Å². The smallest absolute Gasteiger partial charge is 0.338 e. The molecular weight excluding hydrogens is 572 g/mol. The van der Waals surface area contributed by atoms with E-state index in [2.05, 4.69) is 0 Å². The van der Waals surface area contributed by atoms with E-state index in [-0.39, 0.29) is 11.1 Å². The van der Waals surface area contributed by atoms with Gasteiger partial charge in [0, 0.05) is 18.7 Å². The van der Waals surface area contributed by atoms with E-state index in [1.165, 1.54) is 24.3 Å². The first-order chi connectivity index (χ1) is 17.6. The normalized spacial score (nSPS) is 23.4. The molecule has 13 heteroatoms. The molecule has 1 aliphatic heterocycles. The van der Waals surface area contributed by atoms with Gasteiger partial charge >= 0.3 is 17.9 Å². The molecule has 1 saturated heterocycles. The first-order valence-electron chi connectivity index (χ1n) is 10.8. The number of carbonyl (C=O) groups is 4. The number of benzene rings is 2. The highest BCUT2D eigenvalue weighted by Crippen LogP contribution is 2.40. The molecule has 9 nitrogen and oxygen atoms in total. The van der Waals surface area contributed by atoms with Crippen LogP contribution < -0.4 is 4.84 Å². The number of esters is 3. The van der Waals surface area contributed by atoms with Gasteiger partial charge in [-0.25, -0.2) is 9.59 Å². The maximum Gasteiger partial charge on any atom is 0.338 e. The number of halogens is 4. The Morgan fingerprint density at radius 3 is 1.84 bits per heavy atom. The second-order valence-electron chi connectivity index (χ2n) is 7.86. The number of amides is 1. The number of nitrogens with one attached hydrogen (secondary N) is 1. The van der Waals surface area contributed by atoms with Gasteiger partial charge in [0.1, 0.15) is 24.2 Å². The van der Waals surface area contributed by atoms with Crippen LogP contribution in [-0.4, -0.2) is 64.5 Å². The molecule has 3 rings (SSSR count). The summed E-state index contributed by atoms with van der Waals surface area (Å²) in [7, 11) is 0. The van der Waals surface area contributed by atoms with Crippen LogP contribution in [0.2, 0.25) is 0 Å². The van der Waals surface area contributed by atoms with Crippen LogP contribution in [0.5, 0.6) is 0 Å². The third kappa shape index (κ3) is 7.06. The predicted octanol–water partition coefficient (Wildman–Crippen LogP) is 3.82. The van der Waals surface area contributed by atoms with Gasteiger partial charge in [-0.1, -0.05) is 59.6 Å². The lowest BCUT2D eigenvalue weighted by Crippen LogP contribution is -2.65. The van der Waals surface area contributed by atoms with Crippen molar-refractivity contribution in [1.29, 1.82) is 0 Å². The van der Waals surface area contributed by atoms with Gasteiger partial charge in [-0.3, -0.25) is 14.4 Å². The molecule has 0 unspecified atom stereocenters. The van der Waals surface area contributed by atoms with E-state index in [1.54, 1.807) is 41.2 Å². The minimum Gasteiger partial charge on any atom is -0.463 e. The summed E-state index contributed by atoms with van der Waals surface area (Å²) < 4.78 is 19.7. The highest BCUT2D eigenvalue weighted by molar-refractivity contribution is 6.59. The van der Waals surface area contributed by atoms with E-state index in [4.69, 9.17) is 65.5 Å². The van der Waals surface area contributed by atoms with Crippen molar-refractivity contribution in [3.05, 3.63) is 71.8 Å². The molecule has 0 spiro atoms. The molecule has 1 amide bonds. The molecule has 0 saturated carbocycles. The highest BCUT2D eigenvalue weighted by Gasteiger charge is 2.59. The van der Waals surface area contributed by atoms with Gasteiger partial charge in [-0.2, -0.15) is 0 Å². The van der Waals surface area contributed by atoms with Gasteiger partial charge in [0.15, 0.2) is 12.2 Å². The van der Waals surface area contributed by atoms with Crippen LogP contribution in [0.25, 0.3) is 0 Å². The van der Waals surface area contributed by atoms with Crippen molar-refractivity contribution in [3.63, 3.8) is 0 Å². The number of rotatable bonds is 8. The molecule has 1 heterocycles. The van der Waals surface area contributed by atoms with Crippen molar-refractivity contribution in [2.24, 2.45) is 0 Å². The van der Waals surface area contributed by atoms with Crippen LogP contribution in [-0.2, 0) is 28.5 Å². The summed E-state index contributed by atoms with van der Waals surface area (Å²) in [5.41, 5.74) is 0.305. The SMILES string of the molecule is CC(=O)OC[C@H]1O[C@H](C(Cl)(Cl)C(=O)NCl)[C@H](OC(=O)c2ccccc2)[C@@H](OC(=O)c2ccccc2)[C@H]1Cl. The van der Waals surface area contributed by atoms with Gasteiger partial charge in [-0.05, 0) is 24.3 Å². The third-order valence-electron chi connectivity index (χ3n) is 5.31. The molecule has 37 heavy (non-hydrogen) atoms. The van der Waals surface area contributed by atoms with Crippen LogP contribution in [0.1, 0.15) is 27.6 Å². The minimum atomic E-state index is -2.47. The van der Waals surface area contributed by atoms with E-state index < -0.39 is 64.5 Å². The molecule has 198 valence electrons. The zero-order valence-corrected chi connectivity index (χ0v) is 22.2. The van der Waals surface area contributed by atoms with Crippen LogP contribution in [0.15, 0.2) is 60.7 Å². The average molecular weight is 593 g/mol. The Balaban J connectivity index is 2.04. The Kier molecular flexibility index (Phi) is 10.0. The van der Waals surface area contributed by atoms with Gasteiger partial charge < -0.3 is 18.9 Å². The standard InChI is InChI=1S/C24H21Cl4NO8/c1-13(30)34-12-16-17(25)18(36-21(31)14-8-4-2-5-9-14)19(20(35-16)24(26,27)23(33)29-28)37-22(32)15-10-6-3-7-11-15/h2-11,16-20H,12H2,1H3,(H,29,33)/t16-,17+,18+,19-,20+/m1/s1. The van der Waals surface area contributed by atoms with Crippen molar-refractivity contribution in [3.8, 4) is 0 Å². The summed E-state index contributed by atoms with van der Waals surface area (Å²) in [5, 5.41) is -1.24. The zero-order valence-electron chi connectivity index (χ0n) is 19.1. The molecule has 0 aliphatic carbocycles. The fourth-order valence-corrected chi connectivity index (χ4v) is 4.53. The summed E-state index contributed by atoms with van der Waals surface area (Å²) in [6.07, 6.45) is -5.91. The van der Waals surface area contributed by atoms with Crippen molar-refractivity contribution in [2.45, 2.75) is 41.1 Å². The molecule has 5 atom stereocenters. The summed E-state index contributed by atoms with van der Waals surface area (Å²) in [6, 6.07) is 15.8. The predicted molar refractivity (Wildman–Crippen MR) is 135 cm³/mol. The van der Waals surface area contributed by atoms with Crippen molar-refractivity contribution < 1.29 is 38.1 Å². The lowest BCUT2D eigenvalue weighted by molar-refractivity contribution is -0.188. The number of ether oxygens (including phenoxy) is 4. The third-order valence-corrected chi connectivity index (χ3v) is 6.79. The topological polar surface area (TPSA) is 117 Å². The highest BCUT2D eigenvalue weighted by atomic mass is 35.5. The van der Waals surface area contributed by atoms with Gasteiger partial charge in [0.25, 0.3) is 5.91 Å². The minimum absolute atomic E-state index is 0.138. The summed E-state index contributed by atoms with van der Waals surface area (Å²) >= 11 is 24.8. The molecule has 1 fully saturated rings. The van der Waals surface area contributed by atoms with Crippen molar-refractivity contribution in [2.75, 3.05) is 6.61 Å². The number of carbonyl (C=O) groups excluding carboxylic acids is 4. The van der Waals surface area contributed by atoms with Crippen LogP contribution in [0.3, 0.4) is 0 Å². The molecule has 2 aromatic carbocycles. The summed E-state index contributed by atoms with van der Waals surface area (Å²) in [4.78, 5) is 51.7.